The maximum Gasteiger partial charge on any atom is 0.259 e. The van der Waals surface area contributed by atoms with Gasteiger partial charge >= 0.3 is 0 Å². The summed E-state index contributed by atoms with van der Waals surface area (Å²) >= 11 is 0. The first-order chi connectivity index (χ1) is 9.47. The SMILES string of the molecule is CCC(CN)COP(OCCC#N)N(C(C)C)C(C)C. The van der Waals surface area contributed by atoms with Crippen molar-refractivity contribution in [2.75, 3.05) is 19.8 Å². The summed E-state index contributed by atoms with van der Waals surface area (Å²) in [5.74, 6) is 0.362. The fraction of sp³-hybridized carbons (Fsp3) is 0.929. The summed E-state index contributed by atoms with van der Waals surface area (Å²) in [6.07, 6.45) is 1.39. The molecule has 0 aliphatic carbocycles. The van der Waals surface area contributed by atoms with E-state index in [1.165, 1.54) is 0 Å². The summed E-state index contributed by atoms with van der Waals surface area (Å²) in [4.78, 5) is 0. The van der Waals surface area contributed by atoms with Crippen LogP contribution in [0.3, 0.4) is 0 Å². The molecule has 6 heteroatoms. The van der Waals surface area contributed by atoms with E-state index < -0.39 is 8.53 Å². The van der Waals surface area contributed by atoms with Crippen molar-refractivity contribution in [3.05, 3.63) is 0 Å². The lowest BCUT2D eigenvalue weighted by Crippen LogP contribution is -2.34. The van der Waals surface area contributed by atoms with Gasteiger partial charge in [-0.3, -0.25) is 0 Å². The summed E-state index contributed by atoms with van der Waals surface area (Å²) in [5.41, 5.74) is 5.72. The molecule has 0 aromatic carbocycles. The summed E-state index contributed by atoms with van der Waals surface area (Å²) in [5, 5.41) is 8.64. The lowest BCUT2D eigenvalue weighted by Gasteiger charge is -2.36. The molecule has 0 saturated carbocycles. The van der Waals surface area contributed by atoms with Gasteiger partial charge in [0.15, 0.2) is 0 Å². The highest BCUT2D eigenvalue weighted by molar-refractivity contribution is 7.44. The van der Waals surface area contributed by atoms with Gasteiger partial charge in [-0.25, -0.2) is 4.67 Å². The Morgan fingerprint density at radius 3 is 2.20 bits per heavy atom. The van der Waals surface area contributed by atoms with Gasteiger partial charge in [-0.15, -0.1) is 0 Å². The highest BCUT2D eigenvalue weighted by Gasteiger charge is 2.27. The van der Waals surface area contributed by atoms with Gasteiger partial charge in [0.05, 0.1) is 25.7 Å². The molecule has 0 aromatic heterocycles. The van der Waals surface area contributed by atoms with E-state index in [0.29, 0.717) is 44.2 Å². The molecular formula is C14H30N3O2P. The Morgan fingerprint density at radius 1 is 1.20 bits per heavy atom. The Morgan fingerprint density at radius 2 is 1.80 bits per heavy atom. The molecule has 0 saturated heterocycles. The van der Waals surface area contributed by atoms with Crippen LogP contribution in [0.5, 0.6) is 0 Å². The zero-order valence-electron chi connectivity index (χ0n) is 13.5. The normalized spacial score (nSPS) is 14.8. The standard InChI is InChI=1S/C14H30N3O2P/c1-6-14(10-16)11-19-20(18-9-7-8-15)17(12(2)3)13(4)5/h12-14H,6-7,9-11,16H2,1-5H3. The van der Waals surface area contributed by atoms with Crippen molar-refractivity contribution in [3.8, 4) is 6.07 Å². The summed E-state index contributed by atoms with van der Waals surface area (Å²) in [7, 11) is -1.13. The number of nitriles is 1. The van der Waals surface area contributed by atoms with E-state index >= 15 is 0 Å². The number of hydrogen-bond acceptors (Lipinski definition) is 5. The van der Waals surface area contributed by atoms with E-state index in [2.05, 4.69) is 45.4 Å². The Bertz CT molecular complexity index is 270. The van der Waals surface area contributed by atoms with Gasteiger partial charge in [-0.2, -0.15) is 5.26 Å². The number of hydrogen-bond donors (Lipinski definition) is 1. The van der Waals surface area contributed by atoms with E-state index in [0.717, 1.165) is 6.42 Å². The third kappa shape index (κ3) is 7.52. The molecule has 2 unspecified atom stereocenters. The predicted molar refractivity (Wildman–Crippen MR) is 84.0 cm³/mol. The van der Waals surface area contributed by atoms with Crippen LogP contribution in [0.4, 0.5) is 0 Å². The van der Waals surface area contributed by atoms with E-state index in [9.17, 15) is 0 Å². The maximum atomic E-state index is 8.64. The van der Waals surface area contributed by atoms with Crippen LogP contribution in [0.15, 0.2) is 0 Å². The highest BCUT2D eigenvalue weighted by Crippen LogP contribution is 2.46. The fourth-order valence-electron chi connectivity index (χ4n) is 1.84. The highest BCUT2D eigenvalue weighted by atomic mass is 31.2. The minimum Gasteiger partial charge on any atom is -0.330 e. The smallest absolute Gasteiger partial charge is 0.259 e. The van der Waals surface area contributed by atoms with Crippen LogP contribution >= 0.6 is 8.53 Å². The lowest BCUT2D eigenvalue weighted by atomic mass is 10.1. The molecule has 0 bridgehead atoms. The molecule has 0 rings (SSSR count). The van der Waals surface area contributed by atoms with Crippen molar-refractivity contribution in [1.82, 2.24) is 4.67 Å². The van der Waals surface area contributed by atoms with E-state index in [1.807, 2.05) is 0 Å². The molecule has 0 aliphatic rings. The zero-order chi connectivity index (χ0) is 15.5. The Balaban J connectivity index is 4.64. The Labute approximate surface area is 125 Å². The minimum absolute atomic E-state index is 0.334. The molecule has 2 atom stereocenters. The third-order valence-corrected chi connectivity index (χ3v) is 5.07. The molecule has 0 amide bonds. The lowest BCUT2D eigenvalue weighted by molar-refractivity contribution is 0.158. The zero-order valence-corrected chi connectivity index (χ0v) is 14.4. The van der Waals surface area contributed by atoms with Crippen molar-refractivity contribution < 1.29 is 9.05 Å². The molecule has 0 aromatic rings. The monoisotopic (exact) mass is 303 g/mol. The number of rotatable bonds is 11. The van der Waals surface area contributed by atoms with Crippen LogP contribution in [-0.2, 0) is 9.05 Å². The molecule has 118 valence electrons. The summed E-state index contributed by atoms with van der Waals surface area (Å²) in [6.45, 7) is 12.3. The second kappa shape index (κ2) is 11.4. The average Bonchev–Trinajstić information content (AvgIpc) is 2.38. The third-order valence-electron chi connectivity index (χ3n) is 2.99. The predicted octanol–water partition coefficient (Wildman–Crippen LogP) is 3.26. The van der Waals surface area contributed by atoms with Gasteiger partial charge < -0.3 is 14.8 Å². The van der Waals surface area contributed by atoms with Crippen LogP contribution in [0.25, 0.3) is 0 Å². The van der Waals surface area contributed by atoms with Gasteiger partial charge in [0, 0.05) is 12.1 Å². The minimum atomic E-state index is -1.13. The van der Waals surface area contributed by atoms with E-state index in [1.54, 1.807) is 0 Å². The average molecular weight is 303 g/mol. The Hall–Kier alpha value is -0.240. The van der Waals surface area contributed by atoms with Crippen LogP contribution in [0.2, 0.25) is 0 Å². The molecular weight excluding hydrogens is 273 g/mol. The number of nitrogens with two attached hydrogens (primary N) is 1. The Kier molecular flexibility index (Phi) is 11.3. The second-order valence-electron chi connectivity index (χ2n) is 5.35. The quantitative estimate of drug-likeness (QED) is 0.468. The molecule has 0 aliphatic heterocycles. The largest absolute Gasteiger partial charge is 0.330 e. The van der Waals surface area contributed by atoms with Gasteiger partial charge in [0.25, 0.3) is 8.53 Å². The fourth-order valence-corrected chi connectivity index (χ4v) is 3.52. The van der Waals surface area contributed by atoms with Gasteiger partial charge in [0.2, 0.25) is 0 Å². The van der Waals surface area contributed by atoms with Crippen LogP contribution in [0, 0.1) is 17.2 Å². The molecule has 2 N–H and O–H groups in total. The van der Waals surface area contributed by atoms with Crippen molar-refractivity contribution in [3.63, 3.8) is 0 Å². The van der Waals surface area contributed by atoms with Crippen molar-refractivity contribution in [2.45, 2.75) is 59.5 Å². The summed E-state index contributed by atoms with van der Waals surface area (Å²) < 4.78 is 14.0. The van der Waals surface area contributed by atoms with E-state index in [-0.39, 0.29) is 0 Å². The molecule has 0 fully saturated rings. The van der Waals surface area contributed by atoms with Gasteiger partial charge in [0.1, 0.15) is 0 Å². The molecule has 20 heavy (non-hydrogen) atoms. The summed E-state index contributed by atoms with van der Waals surface area (Å²) in [6, 6.07) is 2.77. The van der Waals surface area contributed by atoms with Crippen LogP contribution < -0.4 is 5.73 Å². The van der Waals surface area contributed by atoms with E-state index in [4.69, 9.17) is 20.0 Å². The maximum absolute atomic E-state index is 8.64. The number of nitrogens with zero attached hydrogens (tertiary/aromatic N) is 2. The molecule has 0 spiro atoms. The first-order valence-electron chi connectivity index (χ1n) is 7.39. The molecule has 5 nitrogen and oxygen atoms in total. The van der Waals surface area contributed by atoms with Gasteiger partial charge in [-0.05, 0) is 46.6 Å². The van der Waals surface area contributed by atoms with Crippen LogP contribution in [0.1, 0.15) is 47.5 Å². The first-order valence-corrected chi connectivity index (χ1v) is 8.52. The van der Waals surface area contributed by atoms with Gasteiger partial charge in [-0.1, -0.05) is 6.92 Å². The molecule has 0 radical (unpaired) electrons. The van der Waals surface area contributed by atoms with Crippen molar-refractivity contribution in [2.24, 2.45) is 11.7 Å². The molecule has 0 heterocycles. The van der Waals surface area contributed by atoms with Crippen LogP contribution in [-0.4, -0.2) is 36.5 Å². The van der Waals surface area contributed by atoms with Crippen molar-refractivity contribution in [1.29, 1.82) is 5.26 Å². The second-order valence-corrected chi connectivity index (χ2v) is 6.81. The van der Waals surface area contributed by atoms with Crippen molar-refractivity contribution >= 4 is 8.53 Å². The first kappa shape index (κ1) is 19.8. The topological polar surface area (TPSA) is 71.5 Å².